The number of benzene rings is 2. The van der Waals surface area contributed by atoms with Gasteiger partial charge in [-0.3, -0.25) is 29.3 Å². The summed E-state index contributed by atoms with van der Waals surface area (Å²) in [5, 5.41) is 27.3. The molecule has 1 amide bonds. The van der Waals surface area contributed by atoms with Gasteiger partial charge in [-0.25, -0.2) is 9.80 Å². The lowest BCUT2D eigenvalue weighted by Gasteiger charge is -2.20. The number of hydrazone groups is 1. The number of aromatic hydroxyl groups is 1. The maximum absolute atomic E-state index is 12.6. The van der Waals surface area contributed by atoms with Gasteiger partial charge in [-0.05, 0) is 11.1 Å². The first-order valence-electron chi connectivity index (χ1n) is 9.98. The number of nitro groups is 1. The fraction of sp³-hybridized carbons (Fsp3) is 0.182. The Hall–Kier alpha value is -4.54. The molecule has 11 heteroatoms. The third-order valence-corrected chi connectivity index (χ3v) is 5.34. The summed E-state index contributed by atoms with van der Waals surface area (Å²) in [5.41, 5.74) is -0.757. The SMILES string of the molecule is CC(=O)N1N=C(c2c(O)n(Cc3ccccc3)c(=O)[nH]c2=O)C[C@@H]1c1cccc([N+](=O)[O-])c1. The van der Waals surface area contributed by atoms with Gasteiger partial charge >= 0.3 is 5.69 Å². The zero-order chi connectivity index (χ0) is 23.7. The van der Waals surface area contributed by atoms with Crippen molar-refractivity contribution < 1.29 is 14.8 Å². The first-order valence-corrected chi connectivity index (χ1v) is 9.98. The third kappa shape index (κ3) is 4.15. The first-order chi connectivity index (χ1) is 15.8. The number of aromatic nitrogens is 2. The molecule has 33 heavy (non-hydrogen) atoms. The van der Waals surface area contributed by atoms with Gasteiger partial charge in [0.25, 0.3) is 11.2 Å². The first kappa shape index (κ1) is 21.7. The van der Waals surface area contributed by atoms with Gasteiger partial charge in [0.05, 0.1) is 23.2 Å². The number of nitro benzene ring substituents is 1. The second kappa shape index (κ2) is 8.54. The molecule has 2 aromatic carbocycles. The summed E-state index contributed by atoms with van der Waals surface area (Å²) in [7, 11) is 0. The predicted octanol–water partition coefficient (Wildman–Crippen LogP) is 1.90. The number of hydrogen-bond acceptors (Lipinski definition) is 7. The van der Waals surface area contributed by atoms with Crippen LogP contribution in [0, 0.1) is 10.1 Å². The Kier molecular flexibility index (Phi) is 5.61. The topological polar surface area (TPSA) is 151 Å². The number of carbonyl (C=O) groups excluding carboxylic acids is 1. The zero-order valence-corrected chi connectivity index (χ0v) is 17.5. The van der Waals surface area contributed by atoms with E-state index in [1.165, 1.54) is 25.1 Å². The maximum Gasteiger partial charge on any atom is 0.331 e. The van der Waals surface area contributed by atoms with Gasteiger partial charge in [-0.15, -0.1) is 0 Å². The van der Waals surface area contributed by atoms with Crippen LogP contribution in [0.3, 0.4) is 0 Å². The molecule has 1 aliphatic rings. The molecule has 0 saturated carbocycles. The van der Waals surface area contributed by atoms with E-state index < -0.39 is 34.0 Å². The normalized spacial score (nSPS) is 15.4. The minimum absolute atomic E-state index is 0.00724. The summed E-state index contributed by atoms with van der Waals surface area (Å²) in [6.45, 7) is 1.28. The van der Waals surface area contributed by atoms with Crippen molar-refractivity contribution in [3.8, 4) is 5.88 Å². The number of carbonyl (C=O) groups is 1. The minimum Gasteiger partial charge on any atom is -0.494 e. The van der Waals surface area contributed by atoms with Gasteiger partial charge in [0, 0.05) is 25.5 Å². The van der Waals surface area contributed by atoms with Crippen molar-refractivity contribution in [1.29, 1.82) is 0 Å². The molecule has 3 aromatic rings. The van der Waals surface area contributed by atoms with Crippen LogP contribution >= 0.6 is 0 Å². The van der Waals surface area contributed by atoms with Crippen molar-refractivity contribution in [2.45, 2.75) is 25.9 Å². The molecule has 1 aromatic heterocycles. The highest BCUT2D eigenvalue weighted by atomic mass is 16.6. The number of aromatic amines is 1. The Morgan fingerprint density at radius 3 is 2.61 bits per heavy atom. The van der Waals surface area contributed by atoms with Crippen molar-refractivity contribution in [3.05, 3.63) is 102 Å². The molecule has 2 N–H and O–H groups in total. The van der Waals surface area contributed by atoms with E-state index in [0.717, 1.165) is 15.1 Å². The Balaban J connectivity index is 1.77. The van der Waals surface area contributed by atoms with Gasteiger partial charge in [0.2, 0.25) is 11.8 Å². The van der Waals surface area contributed by atoms with Crippen LogP contribution in [0.1, 0.15) is 36.1 Å². The highest BCUT2D eigenvalue weighted by Gasteiger charge is 2.35. The van der Waals surface area contributed by atoms with Crippen LogP contribution in [-0.4, -0.2) is 36.2 Å². The van der Waals surface area contributed by atoms with Gasteiger partial charge in [-0.2, -0.15) is 5.10 Å². The van der Waals surface area contributed by atoms with Crippen LogP contribution in [0.5, 0.6) is 5.88 Å². The largest absolute Gasteiger partial charge is 0.494 e. The van der Waals surface area contributed by atoms with Crippen LogP contribution in [0.2, 0.25) is 0 Å². The van der Waals surface area contributed by atoms with E-state index in [1.54, 1.807) is 30.3 Å². The fourth-order valence-corrected chi connectivity index (χ4v) is 3.79. The second-order valence-electron chi connectivity index (χ2n) is 7.51. The van der Waals surface area contributed by atoms with Crippen LogP contribution in [0.25, 0.3) is 0 Å². The summed E-state index contributed by atoms with van der Waals surface area (Å²) in [5.74, 6) is -1.02. The Morgan fingerprint density at radius 2 is 1.94 bits per heavy atom. The number of H-pyrrole nitrogens is 1. The van der Waals surface area contributed by atoms with Gasteiger partial charge in [0.15, 0.2) is 0 Å². The minimum atomic E-state index is -0.844. The van der Waals surface area contributed by atoms with Gasteiger partial charge in [-0.1, -0.05) is 42.5 Å². The Labute approximate surface area is 186 Å². The van der Waals surface area contributed by atoms with E-state index in [9.17, 15) is 29.6 Å². The Bertz CT molecular complexity index is 1390. The van der Waals surface area contributed by atoms with E-state index in [4.69, 9.17) is 0 Å². The van der Waals surface area contributed by atoms with Crippen LogP contribution in [-0.2, 0) is 11.3 Å². The molecule has 0 saturated heterocycles. The number of amides is 1. The van der Waals surface area contributed by atoms with Gasteiger partial charge < -0.3 is 5.11 Å². The third-order valence-electron chi connectivity index (χ3n) is 5.34. The number of rotatable bonds is 5. The number of non-ortho nitro benzene ring substituents is 1. The second-order valence-corrected chi connectivity index (χ2v) is 7.51. The standard InChI is InChI=1S/C22H19N5O6/c1-13(28)26-18(15-8-5-9-16(10-15)27(32)33)11-17(24-26)19-20(29)23-22(31)25(21(19)30)12-14-6-3-2-4-7-14/h2-10,18,30H,11-12H2,1H3,(H,23,29,31)/t18-/m1/s1. The molecule has 1 aliphatic heterocycles. The zero-order valence-electron chi connectivity index (χ0n) is 17.5. The number of hydrogen-bond donors (Lipinski definition) is 2. The average Bonchev–Trinajstić information content (AvgIpc) is 3.22. The molecule has 1 atom stereocenters. The molecule has 0 unspecified atom stereocenters. The number of nitrogens with zero attached hydrogens (tertiary/aromatic N) is 4. The lowest BCUT2D eigenvalue weighted by atomic mass is 9.98. The quantitative estimate of drug-likeness (QED) is 0.448. The molecule has 168 valence electrons. The van der Waals surface area contributed by atoms with Crippen LogP contribution in [0.15, 0.2) is 69.3 Å². The van der Waals surface area contributed by atoms with Crippen molar-refractivity contribution in [1.82, 2.24) is 14.6 Å². The molecule has 4 rings (SSSR count). The number of nitrogens with one attached hydrogen (secondary N) is 1. The van der Waals surface area contributed by atoms with E-state index in [-0.39, 0.29) is 29.9 Å². The highest BCUT2D eigenvalue weighted by molar-refractivity contribution is 6.04. The highest BCUT2D eigenvalue weighted by Crippen LogP contribution is 2.34. The fourth-order valence-electron chi connectivity index (χ4n) is 3.79. The monoisotopic (exact) mass is 449 g/mol. The van der Waals surface area contributed by atoms with E-state index in [0.29, 0.717) is 5.56 Å². The predicted molar refractivity (Wildman–Crippen MR) is 118 cm³/mol. The molecule has 2 heterocycles. The maximum atomic E-state index is 12.6. The van der Waals surface area contributed by atoms with Crippen LogP contribution < -0.4 is 11.2 Å². The average molecular weight is 449 g/mol. The van der Waals surface area contributed by atoms with Crippen molar-refractivity contribution in [2.24, 2.45) is 5.10 Å². The van der Waals surface area contributed by atoms with E-state index in [1.807, 2.05) is 6.07 Å². The lowest BCUT2D eigenvalue weighted by molar-refractivity contribution is -0.384. The van der Waals surface area contributed by atoms with E-state index >= 15 is 0 Å². The summed E-state index contributed by atoms with van der Waals surface area (Å²) >= 11 is 0. The molecular weight excluding hydrogens is 430 g/mol. The molecule has 0 fully saturated rings. The summed E-state index contributed by atoms with van der Waals surface area (Å²) in [6.07, 6.45) is 0.0148. The van der Waals surface area contributed by atoms with Crippen molar-refractivity contribution >= 4 is 17.3 Å². The van der Waals surface area contributed by atoms with Gasteiger partial charge in [0.1, 0.15) is 5.56 Å². The van der Waals surface area contributed by atoms with Crippen molar-refractivity contribution in [2.75, 3.05) is 0 Å². The molecule has 0 bridgehead atoms. The Morgan fingerprint density at radius 1 is 1.21 bits per heavy atom. The van der Waals surface area contributed by atoms with Crippen LogP contribution in [0.4, 0.5) is 5.69 Å². The van der Waals surface area contributed by atoms with E-state index in [2.05, 4.69) is 10.1 Å². The molecule has 0 aliphatic carbocycles. The summed E-state index contributed by atoms with van der Waals surface area (Å²) in [4.78, 5) is 50.0. The summed E-state index contributed by atoms with van der Waals surface area (Å²) in [6, 6.07) is 13.9. The molecule has 0 spiro atoms. The summed E-state index contributed by atoms with van der Waals surface area (Å²) < 4.78 is 1.01. The molecule has 11 nitrogen and oxygen atoms in total. The lowest BCUT2D eigenvalue weighted by Crippen LogP contribution is -2.34. The smallest absolute Gasteiger partial charge is 0.331 e. The molecule has 0 radical (unpaired) electrons. The van der Waals surface area contributed by atoms with Crippen molar-refractivity contribution in [3.63, 3.8) is 0 Å². The molecular formula is C22H19N5O6.